The van der Waals surface area contributed by atoms with Gasteiger partial charge in [-0.3, -0.25) is 0 Å². The highest BCUT2D eigenvalue weighted by Gasteiger charge is 2.17. The van der Waals surface area contributed by atoms with Crippen LogP contribution in [0, 0.1) is 12.7 Å². The second-order valence-electron chi connectivity index (χ2n) is 3.51. The maximum atomic E-state index is 12.9. The van der Waals surface area contributed by atoms with Crippen molar-refractivity contribution in [1.29, 1.82) is 0 Å². The van der Waals surface area contributed by atoms with Crippen molar-refractivity contribution >= 4 is 0 Å². The van der Waals surface area contributed by atoms with Crippen LogP contribution in [0.1, 0.15) is 12.0 Å². The molecule has 0 saturated carbocycles. The summed E-state index contributed by atoms with van der Waals surface area (Å²) in [6.45, 7) is 3.12. The summed E-state index contributed by atoms with van der Waals surface area (Å²) in [4.78, 5) is 0. The van der Waals surface area contributed by atoms with E-state index in [0.29, 0.717) is 12.2 Å². The van der Waals surface area contributed by atoms with E-state index in [1.165, 1.54) is 6.07 Å². The molecular weight excluding hydrogens is 183 g/mol. The van der Waals surface area contributed by atoms with Gasteiger partial charge in [0.15, 0.2) is 0 Å². The van der Waals surface area contributed by atoms with Crippen LogP contribution in [0.4, 0.5) is 4.39 Å². The molecule has 1 atom stereocenters. The van der Waals surface area contributed by atoms with Crippen LogP contribution in [-0.2, 0) is 4.74 Å². The van der Waals surface area contributed by atoms with Gasteiger partial charge in [-0.2, -0.15) is 0 Å². The Kier molecular flexibility index (Phi) is 2.68. The van der Waals surface area contributed by atoms with Crippen molar-refractivity contribution in [1.82, 2.24) is 0 Å². The lowest BCUT2D eigenvalue weighted by molar-refractivity contribution is 0.141. The molecule has 2 rings (SSSR count). The average Bonchev–Trinajstić information content (AvgIpc) is 2.64. The van der Waals surface area contributed by atoms with E-state index in [4.69, 9.17) is 9.47 Å². The van der Waals surface area contributed by atoms with Crippen molar-refractivity contribution in [2.75, 3.05) is 13.2 Å². The minimum absolute atomic E-state index is 0.125. The van der Waals surface area contributed by atoms with Crippen molar-refractivity contribution in [2.45, 2.75) is 19.4 Å². The Bertz CT molecular complexity index is 319. The number of benzene rings is 1. The first-order chi connectivity index (χ1) is 6.75. The monoisotopic (exact) mass is 196 g/mol. The van der Waals surface area contributed by atoms with E-state index in [9.17, 15) is 4.39 Å². The zero-order chi connectivity index (χ0) is 9.97. The molecule has 14 heavy (non-hydrogen) atoms. The zero-order valence-corrected chi connectivity index (χ0v) is 8.13. The van der Waals surface area contributed by atoms with Gasteiger partial charge in [0.05, 0.1) is 13.2 Å². The molecule has 1 aromatic carbocycles. The van der Waals surface area contributed by atoms with Crippen molar-refractivity contribution in [3.63, 3.8) is 0 Å². The topological polar surface area (TPSA) is 18.5 Å². The maximum absolute atomic E-state index is 12.9. The lowest BCUT2D eigenvalue weighted by Crippen LogP contribution is -2.15. The van der Waals surface area contributed by atoms with Gasteiger partial charge in [-0.15, -0.1) is 0 Å². The predicted molar refractivity (Wildman–Crippen MR) is 51.0 cm³/mol. The van der Waals surface area contributed by atoms with Gasteiger partial charge in [-0.1, -0.05) is 0 Å². The van der Waals surface area contributed by atoms with Gasteiger partial charge in [0, 0.05) is 6.42 Å². The third-order valence-electron chi connectivity index (χ3n) is 2.32. The maximum Gasteiger partial charge on any atom is 0.126 e. The normalized spacial score (nSPS) is 21.1. The molecule has 0 radical (unpaired) electrons. The molecule has 0 spiro atoms. The van der Waals surface area contributed by atoms with Crippen molar-refractivity contribution in [2.24, 2.45) is 0 Å². The van der Waals surface area contributed by atoms with Crippen LogP contribution >= 0.6 is 0 Å². The molecule has 76 valence electrons. The van der Waals surface area contributed by atoms with Crippen LogP contribution in [0.2, 0.25) is 0 Å². The van der Waals surface area contributed by atoms with E-state index in [1.807, 2.05) is 0 Å². The van der Waals surface area contributed by atoms with Crippen molar-refractivity contribution in [3.05, 3.63) is 29.6 Å². The average molecular weight is 196 g/mol. The molecular formula is C11H13FO2. The molecule has 0 aromatic heterocycles. The Balaban J connectivity index is 2.05. The van der Waals surface area contributed by atoms with Crippen LogP contribution in [0.5, 0.6) is 5.75 Å². The van der Waals surface area contributed by atoms with Gasteiger partial charge in [0.25, 0.3) is 0 Å². The van der Waals surface area contributed by atoms with Crippen molar-refractivity contribution in [3.8, 4) is 5.75 Å². The summed E-state index contributed by atoms with van der Waals surface area (Å²) in [6, 6.07) is 4.80. The van der Waals surface area contributed by atoms with E-state index in [0.717, 1.165) is 18.8 Å². The summed E-state index contributed by atoms with van der Waals surface area (Å²) in [5, 5.41) is 0. The highest BCUT2D eigenvalue weighted by atomic mass is 19.1. The smallest absolute Gasteiger partial charge is 0.126 e. The summed E-state index contributed by atoms with van der Waals surface area (Å²) in [5.41, 5.74) is 0.612. The first-order valence-electron chi connectivity index (χ1n) is 4.76. The fourth-order valence-electron chi connectivity index (χ4n) is 1.49. The third kappa shape index (κ3) is 2.04. The molecule has 1 fully saturated rings. The van der Waals surface area contributed by atoms with Crippen LogP contribution < -0.4 is 4.74 Å². The minimum Gasteiger partial charge on any atom is -0.488 e. The van der Waals surface area contributed by atoms with Crippen molar-refractivity contribution < 1.29 is 13.9 Å². The molecule has 2 nitrogen and oxygen atoms in total. The van der Waals surface area contributed by atoms with E-state index in [-0.39, 0.29) is 11.9 Å². The first kappa shape index (κ1) is 9.46. The number of hydrogen-bond donors (Lipinski definition) is 0. The molecule has 1 aliphatic heterocycles. The lowest BCUT2D eigenvalue weighted by atomic mass is 10.2. The molecule has 1 aliphatic rings. The molecule has 1 aromatic rings. The van der Waals surface area contributed by atoms with E-state index < -0.39 is 0 Å². The SMILES string of the molecule is Cc1cc(OC2CCOC2)ccc1F. The quantitative estimate of drug-likeness (QED) is 0.722. The molecule has 0 bridgehead atoms. The van der Waals surface area contributed by atoms with Gasteiger partial charge in [-0.25, -0.2) is 4.39 Å². The van der Waals surface area contributed by atoms with Crippen LogP contribution in [0.25, 0.3) is 0 Å². The Morgan fingerprint density at radius 2 is 2.36 bits per heavy atom. The molecule has 1 unspecified atom stereocenters. The van der Waals surface area contributed by atoms with E-state index >= 15 is 0 Å². The first-order valence-corrected chi connectivity index (χ1v) is 4.76. The Morgan fingerprint density at radius 1 is 1.50 bits per heavy atom. The minimum atomic E-state index is -0.194. The third-order valence-corrected chi connectivity index (χ3v) is 2.32. The summed E-state index contributed by atoms with van der Waals surface area (Å²) >= 11 is 0. The van der Waals surface area contributed by atoms with E-state index in [2.05, 4.69) is 0 Å². The second kappa shape index (κ2) is 3.96. The molecule has 0 aliphatic carbocycles. The van der Waals surface area contributed by atoms with Crippen LogP contribution in [-0.4, -0.2) is 19.3 Å². The molecule has 1 saturated heterocycles. The number of rotatable bonds is 2. The van der Waals surface area contributed by atoms with Gasteiger partial charge in [-0.05, 0) is 30.7 Å². The summed E-state index contributed by atoms with van der Waals surface area (Å²) in [6.07, 6.45) is 1.04. The Hall–Kier alpha value is -1.09. The Labute approximate surface area is 82.6 Å². The van der Waals surface area contributed by atoms with Crippen LogP contribution in [0.3, 0.4) is 0 Å². The Morgan fingerprint density at radius 3 is 3.00 bits per heavy atom. The molecule has 0 amide bonds. The zero-order valence-electron chi connectivity index (χ0n) is 8.13. The van der Waals surface area contributed by atoms with Crippen LogP contribution in [0.15, 0.2) is 18.2 Å². The highest BCUT2D eigenvalue weighted by molar-refractivity contribution is 5.29. The van der Waals surface area contributed by atoms with Gasteiger partial charge >= 0.3 is 0 Å². The van der Waals surface area contributed by atoms with E-state index in [1.54, 1.807) is 19.1 Å². The number of ether oxygens (including phenoxy) is 2. The summed E-state index contributed by atoms with van der Waals surface area (Å²) in [7, 11) is 0. The second-order valence-corrected chi connectivity index (χ2v) is 3.51. The number of halogens is 1. The number of hydrogen-bond acceptors (Lipinski definition) is 2. The number of aryl methyl sites for hydroxylation is 1. The van der Waals surface area contributed by atoms with Gasteiger partial charge in [0.2, 0.25) is 0 Å². The van der Waals surface area contributed by atoms with Gasteiger partial charge < -0.3 is 9.47 Å². The predicted octanol–water partition coefficient (Wildman–Crippen LogP) is 2.30. The molecule has 1 heterocycles. The summed E-state index contributed by atoms with van der Waals surface area (Å²) < 4.78 is 23.7. The fraction of sp³-hybridized carbons (Fsp3) is 0.455. The standard InChI is InChI=1S/C11H13FO2/c1-8-6-9(2-3-11(8)12)14-10-4-5-13-7-10/h2-3,6,10H,4-5,7H2,1H3. The molecule has 3 heteroatoms. The van der Waals surface area contributed by atoms with Gasteiger partial charge in [0.1, 0.15) is 17.7 Å². The molecule has 0 N–H and O–H groups in total. The largest absolute Gasteiger partial charge is 0.488 e. The fourth-order valence-corrected chi connectivity index (χ4v) is 1.49. The highest BCUT2D eigenvalue weighted by Crippen LogP contribution is 2.19. The lowest BCUT2D eigenvalue weighted by Gasteiger charge is -2.12. The summed E-state index contributed by atoms with van der Waals surface area (Å²) in [5.74, 6) is 0.527.